The molecule has 4 heterocycles. The fourth-order valence-corrected chi connectivity index (χ4v) is 6.69. The fourth-order valence-electron chi connectivity index (χ4n) is 6.69. The number of fused-ring (bicyclic) bond motifs is 3. The third-order valence-electron chi connectivity index (χ3n) is 9.16. The summed E-state index contributed by atoms with van der Waals surface area (Å²) in [6, 6.07) is 4.63. The van der Waals surface area contributed by atoms with Crippen LogP contribution in [0.1, 0.15) is 76.5 Å². The SMILES string of the molecule is Cc1cc(C)c(CN2CC3(CC3)c3c(C#N)c4c(c(C)c3C2=O)O[C@](C)([C@@H]2CC[C@@H](N(C)C)CO2)O4)c(=O)[nH]1. The van der Waals surface area contributed by atoms with Crippen molar-refractivity contribution in [3.63, 3.8) is 0 Å². The molecular weight excluding hydrogens is 496 g/mol. The number of nitrogens with zero attached hydrogens (tertiary/aromatic N) is 3. The number of likely N-dealkylation sites (N-methyl/N-ethyl adjacent to an activating group) is 1. The van der Waals surface area contributed by atoms with Gasteiger partial charge in [-0.15, -0.1) is 0 Å². The number of carbonyl (C=O) groups excluding carboxylic acids is 1. The van der Waals surface area contributed by atoms with E-state index in [1.54, 1.807) is 4.90 Å². The summed E-state index contributed by atoms with van der Waals surface area (Å²) < 4.78 is 19.2. The van der Waals surface area contributed by atoms with Gasteiger partial charge in [-0.3, -0.25) is 9.59 Å². The molecule has 3 aliphatic heterocycles. The highest BCUT2D eigenvalue weighted by Gasteiger charge is 2.57. The molecule has 39 heavy (non-hydrogen) atoms. The average Bonchev–Trinajstić information content (AvgIpc) is 3.56. The normalized spacial score (nSPS) is 26.6. The van der Waals surface area contributed by atoms with E-state index in [0.717, 1.165) is 42.5 Å². The minimum atomic E-state index is -1.09. The number of nitriles is 1. The van der Waals surface area contributed by atoms with Crippen molar-refractivity contribution >= 4 is 5.91 Å². The second kappa shape index (κ2) is 8.83. The van der Waals surface area contributed by atoms with Crippen LogP contribution in [-0.4, -0.2) is 65.9 Å². The van der Waals surface area contributed by atoms with Gasteiger partial charge in [-0.1, -0.05) is 0 Å². The van der Waals surface area contributed by atoms with Crippen molar-refractivity contribution in [3.8, 4) is 17.6 Å². The standard InChI is InChI=1S/C30H36N4O5/c1-16-11-17(2)32-27(35)21(16)13-34-15-30(9-10-30)24-20(12-31)26-25(18(3)23(24)28(34)36)38-29(4,39-26)22-8-7-19(14-37-22)33(5)6/h11,19,22H,7-10,13-15H2,1-6H3,(H,32,35)/t19-,22+,29+/m1/s1. The minimum Gasteiger partial charge on any atom is -0.446 e. The van der Waals surface area contributed by atoms with E-state index in [1.807, 2.05) is 47.9 Å². The Morgan fingerprint density at radius 3 is 2.46 bits per heavy atom. The molecule has 1 N–H and O–H groups in total. The second-order valence-electron chi connectivity index (χ2n) is 12.1. The Morgan fingerprint density at radius 1 is 1.15 bits per heavy atom. The van der Waals surface area contributed by atoms with E-state index in [0.29, 0.717) is 52.9 Å². The number of ether oxygens (including phenoxy) is 3. The largest absolute Gasteiger partial charge is 0.446 e. The number of hydrogen-bond donors (Lipinski definition) is 1. The zero-order valence-corrected chi connectivity index (χ0v) is 23.6. The number of rotatable bonds is 4. The first-order valence-electron chi connectivity index (χ1n) is 13.7. The summed E-state index contributed by atoms with van der Waals surface area (Å²) in [7, 11) is 4.09. The molecule has 2 fully saturated rings. The maximum atomic E-state index is 14.1. The lowest BCUT2D eigenvalue weighted by Gasteiger charge is -2.38. The van der Waals surface area contributed by atoms with Crippen molar-refractivity contribution in [2.24, 2.45) is 0 Å². The molecule has 206 valence electrons. The Morgan fingerprint density at radius 2 is 1.87 bits per heavy atom. The number of hydrogen-bond acceptors (Lipinski definition) is 7. The quantitative estimate of drug-likeness (QED) is 0.643. The highest BCUT2D eigenvalue weighted by molar-refractivity contribution is 6.01. The number of H-pyrrole nitrogens is 1. The monoisotopic (exact) mass is 532 g/mol. The van der Waals surface area contributed by atoms with Gasteiger partial charge >= 0.3 is 0 Å². The molecule has 3 atom stereocenters. The lowest BCUT2D eigenvalue weighted by Crippen LogP contribution is -2.53. The molecule has 4 aliphatic rings. The van der Waals surface area contributed by atoms with Gasteiger partial charge in [0, 0.05) is 41.7 Å². The Balaban J connectivity index is 1.38. The van der Waals surface area contributed by atoms with E-state index >= 15 is 0 Å². The van der Waals surface area contributed by atoms with Crippen molar-refractivity contribution in [3.05, 3.63) is 55.5 Å². The first-order valence-corrected chi connectivity index (χ1v) is 13.7. The zero-order valence-electron chi connectivity index (χ0n) is 23.6. The number of nitrogens with one attached hydrogen (secondary N) is 1. The number of carbonyl (C=O) groups is 1. The molecule has 1 amide bonds. The molecule has 0 radical (unpaired) electrons. The zero-order chi connectivity index (χ0) is 27.9. The molecule has 9 heteroatoms. The molecule has 1 aromatic carbocycles. The summed E-state index contributed by atoms with van der Waals surface area (Å²) in [4.78, 5) is 33.6. The van der Waals surface area contributed by atoms with Crippen molar-refractivity contribution in [2.45, 2.75) is 83.3 Å². The summed E-state index contributed by atoms with van der Waals surface area (Å²) in [6.45, 7) is 8.75. The van der Waals surface area contributed by atoms with Crippen LogP contribution in [0.4, 0.5) is 0 Å². The number of aromatic nitrogens is 1. The van der Waals surface area contributed by atoms with Crippen LogP contribution in [0.3, 0.4) is 0 Å². The van der Waals surface area contributed by atoms with Crippen LogP contribution in [0.25, 0.3) is 0 Å². The van der Waals surface area contributed by atoms with Gasteiger partial charge in [0.2, 0.25) is 0 Å². The van der Waals surface area contributed by atoms with Crippen LogP contribution >= 0.6 is 0 Å². The smallest absolute Gasteiger partial charge is 0.274 e. The molecule has 9 nitrogen and oxygen atoms in total. The molecule has 0 unspecified atom stereocenters. The first-order chi connectivity index (χ1) is 18.5. The highest BCUT2D eigenvalue weighted by atomic mass is 16.8. The summed E-state index contributed by atoms with van der Waals surface area (Å²) in [5.74, 6) is -0.404. The lowest BCUT2D eigenvalue weighted by atomic mass is 9.80. The van der Waals surface area contributed by atoms with Gasteiger partial charge in [0.25, 0.3) is 17.3 Å². The van der Waals surface area contributed by atoms with Crippen LogP contribution in [0.15, 0.2) is 10.9 Å². The van der Waals surface area contributed by atoms with Crippen molar-refractivity contribution in [1.82, 2.24) is 14.8 Å². The van der Waals surface area contributed by atoms with Crippen LogP contribution < -0.4 is 15.0 Å². The Labute approximate surface area is 228 Å². The fraction of sp³-hybridized carbons (Fsp3) is 0.567. The molecule has 6 rings (SSSR count). The van der Waals surface area contributed by atoms with E-state index in [4.69, 9.17) is 14.2 Å². The summed E-state index contributed by atoms with van der Waals surface area (Å²) in [5, 5.41) is 10.4. The molecule has 1 saturated carbocycles. The van der Waals surface area contributed by atoms with Crippen molar-refractivity contribution < 1.29 is 19.0 Å². The van der Waals surface area contributed by atoms with Gasteiger partial charge < -0.3 is 29.0 Å². The Hall–Kier alpha value is -3.35. The number of aromatic amines is 1. The van der Waals surface area contributed by atoms with Crippen LogP contribution in [0.2, 0.25) is 0 Å². The number of amides is 1. The van der Waals surface area contributed by atoms with E-state index < -0.39 is 5.79 Å². The van der Waals surface area contributed by atoms with Crippen LogP contribution in [-0.2, 0) is 16.7 Å². The number of benzene rings is 1. The average molecular weight is 533 g/mol. The van der Waals surface area contributed by atoms with E-state index in [1.165, 1.54) is 0 Å². The highest BCUT2D eigenvalue weighted by Crippen LogP contribution is 2.59. The third-order valence-corrected chi connectivity index (χ3v) is 9.16. The molecule has 1 saturated heterocycles. The molecule has 1 aromatic heterocycles. The predicted octanol–water partition coefficient (Wildman–Crippen LogP) is 3.46. The molecule has 0 bridgehead atoms. The summed E-state index contributed by atoms with van der Waals surface area (Å²) in [6.07, 6.45) is 3.15. The van der Waals surface area contributed by atoms with Gasteiger partial charge in [0.15, 0.2) is 11.5 Å². The molecule has 2 aromatic rings. The Kier molecular flexibility index (Phi) is 5.87. The maximum absolute atomic E-state index is 14.1. The van der Waals surface area contributed by atoms with Crippen molar-refractivity contribution in [2.75, 3.05) is 27.2 Å². The van der Waals surface area contributed by atoms with Gasteiger partial charge in [-0.25, -0.2) is 0 Å². The van der Waals surface area contributed by atoms with E-state index in [9.17, 15) is 14.9 Å². The topological polar surface area (TPSA) is 108 Å². The predicted molar refractivity (Wildman–Crippen MR) is 144 cm³/mol. The second-order valence-corrected chi connectivity index (χ2v) is 12.1. The minimum absolute atomic E-state index is 0.171. The van der Waals surface area contributed by atoms with Gasteiger partial charge in [-0.05, 0) is 77.7 Å². The van der Waals surface area contributed by atoms with E-state index in [2.05, 4.69) is 16.0 Å². The van der Waals surface area contributed by atoms with Crippen LogP contribution in [0, 0.1) is 32.1 Å². The molecule has 1 spiro atoms. The van der Waals surface area contributed by atoms with Gasteiger partial charge in [-0.2, -0.15) is 5.26 Å². The van der Waals surface area contributed by atoms with E-state index in [-0.39, 0.29) is 29.5 Å². The maximum Gasteiger partial charge on any atom is 0.274 e. The number of aryl methyl sites for hydroxylation is 2. The van der Waals surface area contributed by atoms with Gasteiger partial charge in [0.05, 0.1) is 18.7 Å². The number of pyridine rings is 1. The summed E-state index contributed by atoms with van der Waals surface area (Å²) in [5.41, 5.74) is 4.12. The van der Waals surface area contributed by atoms with Crippen LogP contribution in [0.5, 0.6) is 11.5 Å². The van der Waals surface area contributed by atoms with Crippen molar-refractivity contribution in [1.29, 1.82) is 5.26 Å². The third kappa shape index (κ3) is 3.95. The lowest BCUT2D eigenvalue weighted by molar-refractivity contribution is -0.190. The summed E-state index contributed by atoms with van der Waals surface area (Å²) >= 11 is 0. The molecule has 1 aliphatic carbocycles. The first kappa shape index (κ1) is 25.9. The van der Waals surface area contributed by atoms with Gasteiger partial charge in [0.1, 0.15) is 17.7 Å². The Bertz CT molecular complexity index is 1480. The molecular formula is C30H36N4O5.